The van der Waals surface area contributed by atoms with Crippen molar-refractivity contribution in [3.8, 4) is 44.7 Å². The minimum Gasteiger partial charge on any atom is -0.472 e. The number of thiazole rings is 1. The van der Waals surface area contributed by atoms with E-state index < -0.39 is 28.4 Å². The Morgan fingerprint density at radius 3 is 2.36 bits per heavy atom. The van der Waals surface area contributed by atoms with E-state index in [1.54, 1.807) is 72.6 Å². The third kappa shape index (κ3) is 6.90. The van der Waals surface area contributed by atoms with Gasteiger partial charge < -0.3 is 14.4 Å². The molecule has 0 aliphatic rings. The van der Waals surface area contributed by atoms with Gasteiger partial charge in [0.1, 0.15) is 28.4 Å². The Hall–Kier alpha value is -6.44. The number of rotatable bonds is 11. The number of carbonyl (C=O) groups is 2. The summed E-state index contributed by atoms with van der Waals surface area (Å²) in [6.45, 7) is -0.482. The highest BCUT2D eigenvalue weighted by atomic mass is 32.2. The second kappa shape index (κ2) is 13.6. The monoisotopic (exact) mass is 708 g/mol. The smallest absolute Gasteiger partial charge is 0.277 e. The Balaban J connectivity index is 1.01. The number of benzene rings is 1. The number of furan rings is 1. The third-order valence-corrected chi connectivity index (χ3v) is 9.81. The molecule has 6 heterocycles. The van der Waals surface area contributed by atoms with Crippen LogP contribution in [-0.2, 0) is 14.8 Å². The number of anilines is 2. The van der Waals surface area contributed by atoms with Gasteiger partial charge in [0.15, 0.2) is 11.6 Å². The maximum absolute atomic E-state index is 13.5. The second-order valence-electron chi connectivity index (χ2n) is 10.5. The summed E-state index contributed by atoms with van der Waals surface area (Å²) in [5.74, 6) is -0.338. The Labute approximate surface area is 287 Å². The molecular weight excluding hydrogens is 685 g/mol. The van der Waals surface area contributed by atoms with Gasteiger partial charge in [-0.2, -0.15) is 4.31 Å². The molecule has 0 saturated heterocycles. The number of pyridine rings is 2. The molecule has 4 N–H and O–H groups in total. The lowest BCUT2D eigenvalue weighted by Gasteiger charge is -2.17. The molecule has 0 saturated carbocycles. The Morgan fingerprint density at radius 2 is 1.60 bits per heavy atom. The summed E-state index contributed by atoms with van der Waals surface area (Å²) >= 11 is 1.30. The molecule has 0 bridgehead atoms. The summed E-state index contributed by atoms with van der Waals surface area (Å²) in [5.41, 5.74) is 3.10. The molecular formula is C31H24N12O5S2. The van der Waals surface area contributed by atoms with E-state index in [1.807, 2.05) is 0 Å². The molecule has 250 valence electrons. The number of amides is 2. The fourth-order valence-corrected chi connectivity index (χ4v) is 6.61. The minimum absolute atomic E-state index is 0.0246. The van der Waals surface area contributed by atoms with Crippen molar-refractivity contribution in [1.29, 1.82) is 0 Å². The van der Waals surface area contributed by atoms with Crippen LogP contribution in [0.15, 0.2) is 100 Å². The second-order valence-corrected chi connectivity index (χ2v) is 13.4. The van der Waals surface area contributed by atoms with Gasteiger partial charge >= 0.3 is 0 Å². The predicted octanol–water partition coefficient (Wildman–Crippen LogP) is 3.94. The van der Waals surface area contributed by atoms with Crippen molar-refractivity contribution in [3.05, 3.63) is 96.7 Å². The highest BCUT2D eigenvalue weighted by molar-refractivity contribution is 7.89. The van der Waals surface area contributed by atoms with E-state index >= 15 is 0 Å². The first-order chi connectivity index (χ1) is 24.2. The van der Waals surface area contributed by atoms with Crippen molar-refractivity contribution in [1.82, 2.24) is 49.6 Å². The lowest BCUT2D eigenvalue weighted by atomic mass is 10.1. The average molecular weight is 709 g/mol. The summed E-state index contributed by atoms with van der Waals surface area (Å²) in [6.07, 6.45) is 6.20. The Kier molecular flexibility index (Phi) is 8.73. The van der Waals surface area contributed by atoms with E-state index in [-0.39, 0.29) is 28.3 Å². The highest BCUT2D eigenvalue weighted by Crippen LogP contribution is 2.27. The predicted molar refractivity (Wildman–Crippen MR) is 181 cm³/mol. The molecule has 6 aromatic heterocycles. The molecule has 0 unspecified atom stereocenters. The number of likely N-dealkylation sites (N-methyl/N-ethyl adjacent to an activating group) is 1. The van der Waals surface area contributed by atoms with E-state index in [1.165, 1.54) is 36.8 Å². The molecule has 19 heteroatoms. The molecule has 0 radical (unpaired) electrons. The standard InChI is InChI=1S/C31H24N12O5S2/c1-43(15-25(44)35-30-36-26(39-41-30)22-7-2-3-10-32-22)50(46,47)21-6-4-5-18(13-21)19-8-11-33-23(14-19)27-37-31(42-40-27)38-28(45)24-17-49-29(34-24)20-9-12-48-16-20/h2-14,16-17H,15H2,1H3,(H2,35,36,39,41,44)(H2,37,38,40,42,45). The van der Waals surface area contributed by atoms with Crippen LogP contribution in [0.4, 0.5) is 11.9 Å². The van der Waals surface area contributed by atoms with E-state index in [0.717, 1.165) is 9.87 Å². The van der Waals surface area contributed by atoms with Crippen LogP contribution in [0.25, 0.3) is 44.7 Å². The Morgan fingerprint density at radius 1 is 0.840 bits per heavy atom. The number of nitrogens with one attached hydrogen (secondary N) is 4. The van der Waals surface area contributed by atoms with Gasteiger partial charge in [-0.05, 0) is 53.6 Å². The molecule has 0 fully saturated rings. The number of hydrogen-bond donors (Lipinski definition) is 4. The molecule has 1 aromatic carbocycles. The SMILES string of the molecule is CN(CC(=O)Nc1nnc(-c2ccccn2)[nH]1)S(=O)(=O)c1cccc(-c2ccnc(-c3nnc(NC(=O)c4csc(-c5ccoc5)n4)[nH]3)c2)c1. The number of H-pyrrole nitrogens is 2. The van der Waals surface area contributed by atoms with Gasteiger partial charge in [0.05, 0.1) is 17.7 Å². The maximum atomic E-state index is 13.5. The molecule has 50 heavy (non-hydrogen) atoms. The van der Waals surface area contributed by atoms with Gasteiger partial charge in [-0.3, -0.25) is 30.2 Å². The van der Waals surface area contributed by atoms with Crippen molar-refractivity contribution in [3.63, 3.8) is 0 Å². The maximum Gasteiger partial charge on any atom is 0.277 e. The van der Waals surface area contributed by atoms with Gasteiger partial charge in [-0.25, -0.2) is 13.4 Å². The van der Waals surface area contributed by atoms with Crippen molar-refractivity contribution in [2.24, 2.45) is 0 Å². The highest BCUT2D eigenvalue weighted by Gasteiger charge is 2.24. The number of carbonyl (C=O) groups excluding carboxylic acids is 2. The van der Waals surface area contributed by atoms with Crippen molar-refractivity contribution >= 4 is 45.1 Å². The van der Waals surface area contributed by atoms with Crippen LogP contribution in [0.2, 0.25) is 0 Å². The van der Waals surface area contributed by atoms with Gasteiger partial charge in [-0.1, -0.05) is 18.2 Å². The Bertz CT molecular complexity index is 2410. The van der Waals surface area contributed by atoms with Gasteiger partial charge in [0.2, 0.25) is 27.8 Å². The van der Waals surface area contributed by atoms with E-state index in [9.17, 15) is 18.0 Å². The minimum atomic E-state index is -4.08. The largest absolute Gasteiger partial charge is 0.472 e. The summed E-state index contributed by atoms with van der Waals surface area (Å²) in [7, 11) is -2.77. The van der Waals surface area contributed by atoms with Crippen LogP contribution in [0.5, 0.6) is 0 Å². The molecule has 0 spiro atoms. The summed E-state index contributed by atoms with van der Waals surface area (Å²) in [4.78, 5) is 44.1. The summed E-state index contributed by atoms with van der Waals surface area (Å²) in [5, 5.41) is 23.4. The summed E-state index contributed by atoms with van der Waals surface area (Å²) < 4.78 is 32.9. The lowest BCUT2D eigenvalue weighted by molar-refractivity contribution is -0.116. The number of sulfonamides is 1. The molecule has 0 aliphatic carbocycles. The first kappa shape index (κ1) is 32.1. The average Bonchev–Trinajstić information content (AvgIpc) is 3.97. The van der Waals surface area contributed by atoms with Crippen LogP contribution in [0.3, 0.4) is 0 Å². The van der Waals surface area contributed by atoms with Crippen LogP contribution < -0.4 is 10.6 Å². The summed E-state index contributed by atoms with van der Waals surface area (Å²) in [6, 6.07) is 16.7. The zero-order valence-electron chi connectivity index (χ0n) is 25.8. The molecule has 0 atom stereocenters. The quantitative estimate of drug-likeness (QED) is 0.150. The zero-order valence-corrected chi connectivity index (χ0v) is 27.4. The van der Waals surface area contributed by atoms with Crippen LogP contribution >= 0.6 is 11.3 Å². The van der Waals surface area contributed by atoms with Crippen LogP contribution in [0, 0.1) is 0 Å². The molecule has 2 amide bonds. The van der Waals surface area contributed by atoms with Gasteiger partial charge in [0.25, 0.3) is 5.91 Å². The first-order valence-corrected chi connectivity index (χ1v) is 16.9. The lowest BCUT2D eigenvalue weighted by Crippen LogP contribution is -2.35. The third-order valence-electron chi connectivity index (χ3n) is 7.12. The molecule has 7 aromatic rings. The zero-order chi connectivity index (χ0) is 34.7. The number of aromatic amines is 2. The number of nitrogens with zero attached hydrogens (tertiary/aromatic N) is 8. The van der Waals surface area contributed by atoms with Crippen molar-refractivity contribution in [2.75, 3.05) is 24.2 Å². The molecule has 7 rings (SSSR count). The molecule has 0 aliphatic heterocycles. The van der Waals surface area contributed by atoms with Crippen molar-refractivity contribution in [2.45, 2.75) is 4.90 Å². The number of aromatic nitrogens is 9. The molecule has 17 nitrogen and oxygen atoms in total. The van der Waals surface area contributed by atoms with E-state index in [0.29, 0.717) is 33.3 Å². The van der Waals surface area contributed by atoms with Crippen molar-refractivity contribution < 1.29 is 22.4 Å². The van der Waals surface area contributed by atoms with E-state index in [2.05, 4.69) is 55.9 Å². The van der Waals surface area contributed by atoms with E-state index in [4.69, 9.17) is 4.42 Å². The van der Waals surface area contributed by atoms with Gasteiger partial charge in [-0.15, -0.1) is 31.7 Å². The van der Waals surface area contributed by atoms with Crippen LogP contribution in [0.1, 0.15) is 10.5 Å². The first-order valence-electron chi connectivity index (χ1n) is 14.6. The van der Waals surface area contributed by atoms with Crippen LogP contribution in [-0.4, -0.2) is 83.4 Å². The fourth-order valence-electron chi connectivity index (χ4n) is 4.65. The number of hydrogen-bond acceptors (Lipinski definition) is 13. The topological polar surface area (TPSA) is 231 Å². The normalized spacial score (nSPS) is 11.5. The fraction of sp³-hybridized carbons (Fsp3) is 0.0645. The van der Waals surface area contributed by atoms with Gasteiger partial charge in [0, 0.05) is 30.4 Å².